The van der Waals surface area contributed by atoms with E-state index in [1.165, 1.54) is 25.3 Å². The Morgan fingerprint density at radius 3 is 2.70 bits per heavy atom. The minimum Gasteiger partial charge on any atom is -0.485 e. The highest BCUT2D eigenvalue weighted by atomic mass is 16.6. The number of ether oxygens (including phenoxy) is 1. The van der Waals surface area contributed by atoms with Crippen molar-refractivity contribution in [1.82, 2.24) is 4.90 Å². The normalized spacial score (nSPS) is 16.1. The molecule has 0 saturated carbocycles. The van der Waals surface area contributed by atoms with Crippen molar-refractivity contribution >= 4 is 5.69 Å². The molecule has 1 aromatic carbocycles. The van der Waals surface area contributed by atoms with Crippen LogP contribution in [0.1, 0.15) is 24.8 Å². The van der Waals surface area contributed by atoms with Crippen LogP contribution in [0.15, 0.2) is 18.2 Å². The molecule has 110 valence electrons. The molecule has 1 aromatic rings. The average Bonchev–Trinajstić information content (AvgIpc) is 2.48. The lowest BCUT2D eigenvalue weighted by molar-refractivity contribution is -0.385. The molecule has 1 heterocycles. The van der Waals surface area contributed by atoms with Crippen LogP contribution >= 0.6 is 0 Å². The SMILES string of the molecule is NCc1ccc([N+](=O)[O-])c(OCCN2CCCCC2)c1. The third-order valence-electron chi connectivity index (χ3n) is 3.57. The van der Waals surface area contributed by atoms with Crippen molar-refractivity contribution in [3.05, 3.63) is 33.9 Å². The van der Waals surface area contributed by atoms with Crippen LogP contribution in [0.3, 0.4) is 0 Å². The number of piperidine rings is 1. The molecule has 20 heavy (non-hydrogen) atoms. The van der Waals surface area contributed by atoms with Crippen LogP contribution in [0.2, 0.25) is 0 Å². The highest BCUT2D eigenvalue weighted by Crippen LogP contribution is 2.27. The molecule has 0 unspecified atom stereocenters. The minimum absolute atomic E-state index is 0.000782. The predicted octanol–water partition coefficient (Wildman–Crippen LogP) is 1.92. The van der Waals surface area contributed by atoms with Crippen LogP contribution in [-0.4, -0.2) is 36.1 Å². The van der Waals surface area contributed by atoms with Crippen molar-refractivity contribution in [2.45, 2.75) is 25.8 Å². The quantitative estimate of drug-likeness (QED) is 0.635. The second-order valence-corrected chi connectivity index (χ2v) is 5.01. The van der Waals surface area contributed by atoms with Gasteiger partial charge in [0.2, 0.25) is 0 Å². The van der Waals surface area contributed by atoms with Crippen molar-refractivity contribution in [2.24, 2.45) is 5.73 Å². The fourth-order valence-corrected chi connectivity index (χ4v) is 2.42. The Balaban J connectivity index is 1.94. The summed E-state index contributed by atoms with van der Waals surface area (Å²) >= 11 is 0. The second kappa shape index (κ2) is 7.21. The summed E-state index contributed by atoms with van der Waals surface area (Å²) in [4.78, 5) is 12.9. The second-order valence-electron chi connectivity index (χ2n) is 5.01. The fraction of sp³-hybridized carbons (Fsp3) is 0.571. The van der Waals surface area contributed by atoms with E-state index in [-0.39, 0.29) is 5.69 Å². The molecular formula is C14H21N3O3. The number of nitrogens with zero attached hydrogens (tertiary/aromatic N) is 2. The zero-order chi connectivity index (χ0) is 14.4. The molecule has 1 aliphatic heterocycles. The molecule has 6 heteroatoms. The maximum Gasteiger partial charge on any atom is 0.310 e. The number of hydrogen-bond acceptors (Lipinski definition) is 5. The van der Waals surface area contributed by atoms with E-state index < -0.39 is 4.92 Å². The third kappa shape index (κ3) is 3.91. The van der Waals surface area contributed by atoms with E-state index in [9.17, 15) is 10.1 Å². The number of likely N-dealkylation sites (tertiary alicyclic amines) is 1. The monoisotopic (exact) mass is 279 g/mol. The Labute approximate surface area is 118 Å². The Morgan fingerprint density at radius 1 is 1.30 bits per heavy atom. The van der Waals surface area contributed by atoms with Crippen LogP contribution in [0.25, 0.3) is 0 Å². The summed E-state index contributed by atoms with van der Waals surface area (Å²) in [5, 5.41) is 11.0. The third-order valence-corrected chi connectivity index (χ3v) is 3.57. The first-order valence-electron chi connectivity index (χ1n) is 7.03. The van der Waals surface area contributed by atoms with E-state index in [2.05, 4.69) is 4.90 Å². The van der Waals surface area contributed by atoms with Gasteiger partial charge < -0.3 is 10.5 Å². The van der Waals surface area contributed by atoms with Crippen molar-refractivity contribution < 1.29 is 9.66 Å². The molecule has 0 spiro atoms. The first kappa shape index (κ1) is 14.7. The van der Waals surface area contributed by atoms with Crippen molar-refractivity contribution in [3.63, 3.8) is 0 Å². The summed E-state index contributed by atoms with van der Waals surface area (Å²) in [7, 11) is 0. The van der Waals surface area contributed by atoms with Crippen LogP contribution in [0.4, 0.5) is 5.69 Å². The first-order chi connectivity index (χ1) is 9.70. The molecule has 2 rings (SSSR count). The molecule has 0 radical (unpaired) electrons. The summed E-state index contributed by atoms with van der Waals surface area (Å²) < 4.78 is 5.60. The fourth-order valence-electron chi connectivity index (χ4n) is 2.42. The Morgan fingerprint density at radius 2 is 2.05 bits per heavy atom. The lowest BCUT2D eigenvalue weighted by Crippen LogP contribution is -2.33. The minimum atomic E-state index is -0.420. The number of nitro benzene ring substituents is 1. The van der Waals surface area contributed by atoms with Gasteiger partial charge in [-0.1, -0.05) is 12.5 Å². The van der Waals surface area contributed by atoms with E-state index in [4.69, 9.17) is 10.5 Å². The molecule has 0 aromatic heterocycles. The Bertz CT molecular complexity index is 459. The van der Waals surface area contributed by atoms with Crippen molar-refractivity contribution in [3.8, 4) is 5.75 Å². The number of nitrogens with two attached hydrogens (primary N) is 1. The lowest BCUT2D eigenvalue weighted by atomic mass is 10.1. The van der Waals surface area contributed by atoms with E-state index in [0.717, 1.165) is 25.2 Å². The molecule has 1 aliphatic rings. The average molecular weight is 279 g/mol. The summed E-state index contributed by atoms with van der Waals surface area (Å²) in [5.74, 6) is 0.315. The molecule has 1 saturated heterocycles. The van der Waals surface area contributed by atoms with Gasteiger partial charge in [0, 0.05) is 19.2 Å². The van der Waals surface area contributed by atoms with Gasteiger partial charge in [-0.25, -0.2) is 0 Å². The number of rotatable bonds is 6. The molecule has 6 nitrogen and oxygen atoms in total. The smallest absolute Gasteiger partial charge is 0.310 e. The van der Waals surface area contributed by atoms with Gasteiger partial charge in [-0.3, -0.25) is 15.0 Å². The molecule has 0 atom stereocenters. The summed E-state index contributed by atoms with van der Waals surface area (Å²) in [6.45, 7) is 3.81. The zero-order valence-corrected chi connectivity index (χ0v) is 11.6. The predicted molar refractivity (Wildman–Crippen MR) is 76.8 cm³/mol. The van der Waals surface area contributed by atoms with E-state index >= 15 is 0 Å². The van der Waals surface area contributed by atoms with Gasteiger partial charge in [0.25, 0.3) is 0 Å². The van der Waals surface area contributed by atoms with Gasteiger partial charge in [-0.05, 0) is 37.6 Å². The molecule has 2 N–H and O–H groups in total. The van der Waals surface area contributed by atoms with Crippen molar-refractivity contribution in [2.75, 3.05) is 26.2 Å². The van der Waals surface area contributed by atoms with Crippen LogP contribution < -0.4 is 10.5 Å². The van der Waals surface area contributed by atoms with Gasteiger partial charge >= 0.3 is 5.69 Å². The standard InChI is InChI=1S/C14H21N3O3/c15-11-12-4-5-13(17(18)19)14(10-12)20-9-8-16-6-2-1-3-7-16/h4-5,10H,1-3,6-9,11,15H2. The zero-order valence-electron chi connectivity index (χ0n) is 11.6. The van der Waals surface area contributed by atoms with Crippen molar-refractivity contribution in [1.29, 1.82) is 0 Å². The first-order valence-corrected chi connectivity index (χ1v) is 7.03. The van der Waals surface area contributed by atoms with E-state index in [1.54, 1.807) is 12.1 Å². The highest BCUT2D eigenvalue weighted by Gasteiger charge is 2.16. The highest BCUT2D eigenvalue weighted by molar-refractivity contribution is 5.48. The van der Waals surface area contributed by atoms with Gasteiger partial charge in [-0.15, -0.1) is 0 Å². The van der Waals surface area contributed by atoms with Crippen LogP contribution in [0, 0.1) is 10.1 Å². The van der Waals surface area contributed by atoms with E-state index in [1.807, 2.05) is 0 Å². The Hall–Kier alpha value is -1.66. The number of nitro groups is 1. The van der Waals surface area contributed by atoms with Gasteiger partial charge in [0.1, 0.15) is 6.61 Å². The lowest BCUT2D eigenvalue weighted by Gasteiger charge is -2.26. The van der Waals surface area contributed by atoms with Crippen LogP contribution in [0.5, 0.6) is 5.75 Å². The number of benzene rings is 1. The molecule has 0 amide bonds. The molecule has 0 aliphatic carbocycles. The topological polar surface area (TPSA) is 81.6 Å². The largest absolute Gasteiger partial charge is 0.485 e. The van der Waals surface area contributed by atoms with E-state index in [0.29, 0.717) is 18.9 Å². The van der Waals surface area contributed by atoms with Gasteiger partial charge in [0.15, 0.2) is 5.75 Å². The van der Waals surface area contributed by atoms with Gasteiger partial charge in [0.05, 0.1) is 4.92 Å². The summed E-state index contributed by atoms with van der Waals surface area (Å²) in [6.07, 6.45) is 3.74. The molecule has 1 fully saturated rings. The molecular weight excluding hydrogens is 258 g/mol. The number of hydrogen-bond donors (Lipinski definition) is 1. The maximum atomic E-state index is 11.0. The summed E-state index contributed by atoms with van der Waals surface area (Å²) in [5.41, 5.74) is 6.39. The maximum absolute atomic E-state index is 11.0. The summed E-state index contributed by atoms with van der Waals surface area (Å²) in [6, 6.07) is 4.78. The Kier molecular flexibility index (Phi) is 5.31. The van der Waals surface area contributed by atoms with Gasteiger partial charge in [-0.2, -0.15) is 0 Å². The molecule has 0 bridgehead atoms. The van der Waals surface area contributed by atoms with Crippen LogP contribution in [-0.2, 0) is 6.54 Å².